The van der Waals surface area contributed by atoms with Crippen molar-refractivity contribution in [2.45, 2.75) is 0 Å². The second-order valence-electron chi connectivity index (χ2n) is 4.21. The zero-order chi connectivity index (χ0) is 16.1. The lowest BCUT2D eigenvalue weighted by Gasteiger charge is -2.08. The van der Waals surface area contributed by atoms with Crippen LogP contribution in [0.2, 0.25) is 10.0 Å². The molecule has 1 amide bonds. The number of amides is 1. The lowest BCUT2D eigenvalue weighted by Crippen LogP contribution is -2.20. The van der Waals surface area contributed by atoms with Crippen LogP contribution in [0.15, 0.2) is 42.5 Å². The summed E-state index contributed by atoms with van der Waals surface area (Å²) in [5.74, 6) is -0.0643. The Hall–Kier alpha value is -2.31. The zero-order valence-electron chi connectivity index (χ0n) is 11.1. The molecule has 0 aliphatic rings. The van der Waals surface area contributed by atoms with Gasteiger partial charge in [-0.05, 0) is 36.4 Å². The first-order valence-corrected chi connectivity index (χ1v) is 6.83. The number of nitro benzene ring substituents is 1. The number of halogens is 2. The predicted octanol–water partition coefficient (Wildman–Crippen LogP) is 3.92. The van der Waals surface area contributed by atoms with Gasteiger partial charge in [-0.25, -0.2) is 0 Å². The third kappa shape index (κ3) is 4.34. The first-order valence-electron chi connectivity index (χ1n) is 6.08. The molecule has 0 unspecified atom stereocenters. The summed E-state index contributed by atoms with van der Waals surface area (Å²) in [6.07, 6.45) is 0. The summed E-state index contributed by atoms with van der Waals surface area (Å²) < 4.78 is 5.25. The van der Waals surface area contributed by atoms with Crippen molar-refractivity contribution >= 4 is 40.5 Å². The number of hydrogen-bond donors (Lipinski definition) is 1. The fourth-order valence-electron chi connectivity index (χ4n) is 1.63. The van der Waals surface area contributed by atoms with Crippen molar-refractivity contribution in [2.75, 3.05) is 11.9 Å². The van der Waals surface area contributed by atoms with Gasteiger partial charge in [0.2, 0.25) is 0 Å². The van der Waals surface area contributed by atoms with Gasteiger partial charge in [0.05, 0.1) is 4.92 Å². The van der Waals surface area contributed by atoms with Gasteiger partial charge in [0.25, 0.3) is 11.6 Å². The molecule has 6 nitrogen and oxygen atoms in total. The molecule has 8 heteroatoms. The van der Waals surface area contributed by atoms with Gasteiger partial charge in [0.15, 0.2) is 6.61 Å². The normalized spacial score (nSPS) is 10.1. The Labute approximate surface area is 135 Å². The minimum atomic E-state index is -0.623. The van der Waals surface area contributed by atoms with Crippen LogP contribution in [0, 0.1) is 10.1 Å². The molecule has 2 rings (SSSR count). The third-order valence-corrected chi connectivity index (χ3v) is 3.10. The Morgan fingerprint density at radius 1 is 1.14 bits per heavy atom. The van der Waals surface area contributed by atoms with Gasteiger partial charge < -0.3 is 10.1 Å². The van der Waals surface area contributed by atoms with Crippen LogP contribution in [-0.4, -0.2) is 17.4 Å². The number of nitrogens with zero attached hydrogens (tertiary/aromatic N) is 1. The second kappa shape index (κ2) is 7.11. The molecule has 0 aromatic heterocycles. The Balaban J connectivity index is 2.00. The topological polar surface area (TPSA) is 81.5 Å². The quantitative estimate of drug-likeness (QED) is 0.660. The number of nitro groups is 1. The van der Waals surface area contributed by atoms with E-state index < -0.39 is 10.8 Å². The summed E-state index contributed by atoms with van der Waals surface area (Å²) in [7, 11) is 0. The van der Waals surface area contributed by atoms with Crippen molar-refractivity contribution in [2.24, 2.45) is 0 Å². The van der Waals surface area contributed by atoms with E-state index in [0.717, 1.165) is 6.07 Å². The van der Waals surface area contributed by atoms with Gasteiger partial charge in [-0.1, -0.05) is 23.2 Å². The summed E-state index contributed by atoms with van der Waals surface area (Å²) in [6.45, 7) is -0.290. The van der Waals surface area contributed by atoms with E-state index in [-0.39, 0.29) is 23.0 Å². The number of hydrogen-bond acceptors (Lipinski definition) is 4. The van der Waals surface area contributed by atoms with E-state index >= 15 is 0 Å². The molecule has 0 spiro atoms. The third-order valence-electron chi connectivity index (χ3n) is 2.61. The highest BCUT2D eigenvalue weighted by Gasteiger charge is 2.16. The summed E-state index contributed by atoms with van der Waals surface area (Å²) in [6, 6.07) is 10.4. The average molecular weight is 341 g/mol. The number of ether oxygens (including phenoxy) is 1. The van der Waals surface area contributed by atoms with Crippen LogP contribution < -0.4 is 10.1 Å². The van der Waals surface area contributed by atoms with Gasteiger partial charge in [0.1, 0.15) is 11.4 Å². The molecular weight excluding hydrogens is 331 g/mol. The average Bonchev–Trinajstić information content (AvgIpc) is 2.48. The molecule has 0 saturated heterocycles. The predicted molar refractivity (Wildman–Crippen MR) is 83.7 cm³/mol. The van der Waals surface area contributed by atoms with Gasteiger partial charge in [-0.3, -0.25) is 14.9 Å². The number of carbonyl (C=O) groups excluding carboxylic acids is 1. The van der Waals surface area contributed by atoms with E-state index in [9.17, 15) is 14.9 Å². The van der Waals surface area contributed by atoms with Crippen molar-refractivity contribution in [1.29, 1.82) is 0 Å². The molecule has 0 aliphatic heterocycles. The molecule has 0 atom stereocenters. The zero-order valence-corrected chi connectivity index (χ0v) is 12.6. The van der Waals surface area contributed by atoms with Gasteiger partial charge in [-0.2, -0.15) is 0 Å². The van der Waals surface area contributed by atoms with E-state index in [0.29, 0.717) is 10.8 Å². The lowest BCUT2D eigenvalue weighted by molar-refractivity contribution is -0.383. The molecule has 2 aromatic rings. The van der Waals surface area contributed by atoms with Crippen molar-refractivity contribution in [3.63, 3.8) is 0 Å². The summed E-state index contributed by atoms with van der Waals surface area (Å²) in [5, 5.41) is 14.1. The lowest BCUT2D eigenvalue weighted by atomic mass is 10.2. The Kier molecular flexibility index (Phi) is 5.19. The Morgan fingerprint density at radius 2 is 1.77 bits per heavy atom. The van der Waals surface area contributed by atoms with Gasteiger partial charge in [-0.15, -0.1) is 0 Å². The molecule has 0 saturated carbocycles. The molecule has 2 aromatic carbocycles. The molecule has 0 heterocycles. The highest BCUT2D eigenvalue weighted by Crippen LogP contribution is 2.27. The van der Waals surface area contributed by atoms with E-state index in [4.69, 9.17) is 27.9 Å². The minimum Gasteiger partial charge on any atom is -0.484 e. The summed E-state index contributed by atoms with van der Waals surface area (Å²) in [4.78, 5) is 22.1. The first-order chi connectivity index (χ1) is 10.5. The molecule has 22 heavy (non-hydrogen) atoms. The van der Waals surface area contributed by atoms with E-state index in [1.165, 1.54) is 12.1 Å². The second-order valence-corrected chi connectivity index (χ2v) is 5.08. The van der Waals surface area contributed by atoms with Crippen molar-refractivity contribution in [3.8, 4) is 5.75 Å². The molecule has 0 radical (unpaired) electrons. The minimum absolute atomic E-state index is 0.0547. The molecule has 0 aliphatic carbocycles. The van der Waals surface area contributed by atoms with Crippen LogP contribution >= 0.6 is 23.2 Å². The molecule has 0 fully saturated rings. The number of nitrogens with one attached hydrogen (secondary N) is 1. The molecule has 0 bridgehead atoms. The molecular formula is C14H10Cl2N2O4. The van der Waals surface area contributed by atoms with Crippen molar-refractivity contribution in [1.82, 2.24) is 0 Å². The maximum absolute atomic E-state index is 11.8. The van der Waals surface area contributed by atoms with Crippen LogP contribution in [0.4, 0.5) is 11.4 Å². The first kappa shape index (κ1) is 16.1. The van der Waals surface area contributed by atoms with E-state index in [2.05, 4.69) is 5.32 Å². The van der Waals surface area contributed by atoms with Crippen LogP contribution in [0.1, 0.15) is 0 Å². The van der Waals surface area contributed by atoms with E-state index in [1.807, 2.05) is 0 Å². The molecule has 1 N–H and O–H groups in total. The molecule has 114 valence electrons. The van der Waals surface area contributed by atoms with Crippen molar-refractivity contribution in [3.05, 3.63) is 62.6 Å². The SMILES string of the molecule is O=C(COc1ccc(Cl)cc1)Nc1ccc(Cl)cc1[N+](=O)[O-]. The van der Waals surface area contributed by atoms with Gasteiger partial charge >= 0.3 is 0 Å². The number of carbonyl (C=O) groups is 1. The Bertz CT molecular complexity index is 704. The van der Waals surface area contributed by atoms with Crippen molar-refractivity contribution < 1.29 is 14.5 Å². The fourth-order valence-corrected chi connectivity index (χ4v) is 1.92. The largest absolute Gasteiger partial charge is 0.484 e. The summed E-state index contributed by atoms with van der Waals surface area (Å²) in [5.41, 5.74) is -0.230. The van der Waals surface area contributed by atoms with E-state index in [1.54, 1.807) is 24.3 Å². The van der Waals surface area contributed by atoms with Crippen LogP contribution in [-0.2, 0) is 4.79 Å². The smallest absolute Gasteiger partial charge is 0.294 e. The highest BCUT2D eigenvalue weighted by molar-refractivity contribution is 6.31. The van der Waals surface area contributed by atoms with Crippen LogP contribution in [0.25, 0.3) is 0 Å². The standard InChI is InChI=1S/C14H10Cl2N2O4/c15-9-1-4-11(5-2-9)22-8-14(19)17-12-6-3-10(16)7-13(12)18(20)21/h1-7H,8H2,(H,17,19). The fraction of sp³-hybridized carbons (Fsp3) is 0.0714. The maximum atomic E-state index is 11.8. The number of rotatable bonds is 5. The highest BCUT2D eigenvalue weighted by atomic mass is 35.5. The van der Waals surface area contributed by atoms with Crippen LogP contribution in [0.3, 0.4) is 0 Å². The van der Waals surface area contributed by atoms with Gasteiger partial charge in [0, 0.05) is 16.1 Å². The van der Waals surface area contributed by atoms with Crippen LogP contribution in [0.5, 0.6) is 5.75 Å². The monoisotopic (exact) mass is 340 g/mol. The summed E-state index contributed by atoms with van der Waals surface area (Å²) >= 11 is 11.4. The maximum Gasteiger partial charge on any atom is 0.294 e. The number of anilines is 1. The Morgan fingerprint density at radius 3 is 2.41 bits per heavy atom. The number of benzene rings is 2.